The van der Waals surface area contributed by atoms with Gasteiger partial charge in [0, 0.05) is 45.0 Å². The summed E-state index contributed by atoms with van der Waals surface area (Å²) in [7, 11) is 2.25. The molecule has 2 aliphatic rings. The van der Waals surface area contributed by atoms with E-state index >= 15 is 0 Å². The molecule has 1 atom stereocenters. The second-order valence-electron chi connectivity index (χ2n) is 12.3. The van der Waals surface area contributed by atoms with Crippen LogP contribution in [0.3, 0.4) is 0 Å². The largest absolute Gasteiger partial charge is 0.366 e. The average molecular weight is 564 g/mol. The smallest absolute Gasteiger partial charge is 0.0617 e. The Labute approximate surface area is 256 Å². The van der Waals surface area contributed by atoms with E-state index in [1.807, 2.05) is 6.08 Å². The zero-order valence-electron chi connectivity index (χ0n) is 25.3. The van der Waals surface area contributed by atoms with Crippen molar-refractivity contribution in [1.29, 1.82) is 0 Å². The number of hydrogen-bond acceptors (Lipinski definition) is 3. The van der Waals surface area contributed by atoms with Crippen LogP contribution in [0.25, 0.3) is 38.7 Å². The minimum absolute atomic E-state index is 0.256. The molecule has 1 fully saturated rings. The minimum Gasteiger partial charge on any atom is -0.366 e. The molecule has 3 nitrogen and oxygen atoms in total. The molecule has 1 saturated heterocycles. The average Bonchev–Trinajstić information content (AvgIpc) is 3.05. The van der Waals surface area contributed by atoms with E-state index in [1.165, 1.54) is 60.3 Å². The summed E-state index contributed by atoms with van der Waals surface area (Å²) >= 11 is 0. The molecule has 216 valence electrons. The summed E-state index contributed by atoms with van der Waals surface area (Å²) in [5, 5.41) is 7.11. The third-order valence-corrected chi connectivity index (χ3v) is 9.60. The van der Waals surface area contributed by atoms with Crippen LogP contribution in [0.15, 0.2) is 116 Å². The highest BCUT2D eigenvalue weighted by Gasteiger charge is 2.29. The number of rotatable bonds is 9. The molecular weight excluding hydrogens is 522 g/mol. The van der Waals surface area contributed by atoms with Gasteiger partial charge in [0.15, 0.2) is 0 Å². The maximum atomic E-state index is 4.67. The van der Waals surface area contributed by atoms with Crippen molar-refractivity contribution in [3.63, 3.8) is 0 Å². The number of likely N-dealkylation sites (N-methyl/N-ethyl adjacent to an activating group) is 1. The SMILES string of the molecule is C=CCN(Cc1ccc(-c2ccccc2)cc1)C(=C)C1CN(Cc2ccc3ccc4c5c(ccc2c35)=CCC4)CCN1C. The van der Waals surface area contributed by atoms with Crippen molar-refractivity contribution in [1.82, 2.24) is 14.7 Å². The first-order chi connectivity index (χ1) is 21.1. The zero-order valence-corrected chi connectivity index (χ0v) is 25.3. The molecule has 0 spiro atoms. The van der Waals surface area contributed by atoms with Gasteiger partial charge in [0.05, 0.1) is 6.04 Å². The van der Waals surface area contributed by atoms with Gasteiger partial charge >= 0.3 is 0 Å². The van der Waals surface area contributed by atoms with Gasteiger partial charge in [0.25, 0.3) is 0 Å². The Morgan fingerprint density at radius 1 is 0.884 bits per heavy atom. The molecule has 5 aromatic carbocycles. The van der Waals surface area contributed by atoms with Crippen molar-refractivity contribution >= 4 is 27.6 Å². The Hall–Kier alpha value is -4.18. The van der Waals surface area contributed by atoms with Crippen LogP contribution in [0, 0.1) is 0 Å². The fourth-order valence-electron chi connectivity index (χ4n) is 7.19. The standard InChI is InChI=1S/C40H41N3/c1-4-23-43(26-30-13-15-32(16-14-30)31-9-6-5-7-10-31)29(2)38-28-42(25-24-41(38)3)27-36-20-19-35-18-17-33-11-8-12-34-21-22-37(36)40(35)39(33)34/h4-7,9-10,12-22,38H,1-2,8,11,23-28H2,3H3. The third-order valence-electron chi connectivity index (χ3n) is 9.60. The lowest BCUT2D eigenvalue weighted by atomic mass is 9.88. The van der Waals surface area contributed by atoms with Crippen molar-refractivity contribution < 1.29 is 0 Å². The summed E-state index contributed by atoms with van der Waals surface area (Å²) < 4.78 is 0. The van der Waals surface area contributed by atoms with E-state index in [0.29, 0.717) is 0 Å². The van der Waals surface area contributed by atoms with Crippen LogP contribution in [-0.4, -0.2) is 54.0 Å². The van der Waals surface area contributed by atoms with Crippen LogP contribution < -0.4 is 5.22 Å². The van der Waals surface area contributed by atoms with E-state index in [9.17, 15) is 0 Å². The number of piperazine rings is 1. The maximum Gasteiger partial charge on any atom is 0.0617 e. The Morgan fingerprint density at radius 2 is 1.67 bits per heavy atom. The highest BCUT2D eigenvalue weighted by molar-refractivity contribution is 6.12. The van der Waals surface area contributed by atoms with E-state index < -0.39 is 0 Å². The quantitative estimate of drug-likeness (QED) is 0.173. The zero-order chi connectivity index (χ0) is 29.3. The summed E-state index contributed by atoms with van der Waals surface area (Å²) in [6.07, 6.45) is 6.70. The Kier molecular flexibility index (Phi) is 7.61. The monoisotopic (exact) mass is 563 g/mol. The predicted molar refractivity (Wildman–Crippen MR) is 183 cm³/mol. The molecule has 5 aromatic rings. The molecule has 1 aliphatic heterocycles. The van der Waals surface area contributed by atoms with Gasteiger partial charge in [0.2, 0.25) is 0 Å². The van der Waals surface area contributed by atoms with E-state index in [4.69, 9.17) is 0 Å². The number of benzene rings is 5. The molecule has 1 heterocycles. The molecule has 3 heteroatoms. The Morgan fingerprint density at radius 3 is 2.49 bits per heavy atom. The second-order valence-corrected chi connectivity index (χ2v) is 12.3. The normalized spacial score (nSPS) is 17.2. The fourth-order valence-corrected chi connectivity index (χ4v) is 7.19. The summed E-state index contributed by atoms with van der Waals surface area (Å²) in [4.78, 5) is 7.51. The molecule has 0 bridgehead atoms. The van der Waals surface area contributed by atoms with Crippen LogP contribution in [0.5, 0.6) is 0 Å². The van der Waals surface area contributed by atoms with E-state index in [2.05, 4.69) is 132 Å². The molecule has 1 aliphatic carbocycles. The highest BCUT2D eigenvalue weighted by atomic mass is 15.3. The van der Waals surface area contributed by atoms with Crippen LogP contribution in [0.1, 0.15) is 23.1 Å². The first-order valence-electron chi connectivity index (χ1n) is 15.7. The van der Waals surface area contributed by atoms with Crippen molar-refractivity contribution in [2.45, 2.75) is 32.0 Å². The van der Waals surface area contributed by atoms with Gasteiger partial charge in [-0.3, -0.25) is 9.80 Å². The van der Waals surface area contributed by atoms with Crippen LogP contribution in [0.4, 0.5) is 0 Å². The lowest BCUT2D eigenvalue weighted by molar-refractivity contribution is 0.0915. The van der Waals surface area contributed by atoms with Gasteiger partial charge in [-0.1, -0.05) is 110 Å². The van der Waals surface area contributed by atoms with Crippen LogP contribution >= 0.6 is 0 Å². The van der Waals surface area contributed by atoms with E-state index in [-0.39, 0.29) is 6.04 Å². The summed E-state index contributed by atoms with van der Waals surface area (Å²) in [5.41, 5.74) is 7.88. The van der Waals surface area contributed by atoms with Gasteiger partial charge < -0.3 is 4.90 Å². The maximum absolute atomic E-state index is 4.67. The predicted octanol–water partition coefficient (Wildman–Crippen LogP) is 7.42. The lowest BCUT2D eigenvalue weighted by Gasteiger charge is -2.43. The minimum atomic E-state index is 0.256. The molecule has 7 rings (SSSR count). The molecule has 1 unspecified atom stereocenters. The molecular formula is C40H41N3. The lowest BCUT2D eigenvalue weighted by Crippen LogP contribution is -2.53. The Balaban J connectivity index is 1.10. The topological polar surface area (TPSA) is 9.72 Å². The number of hydrogen-bond donors (Lipinski definition) is 0. The molecule has 0 radical (unpaired) electrons. The molecule has 0 aromatic heterocycles. The number of nitrogens with zero attached hydrogens (tertiary/aromatic N) is 3. The number of aryl methyl sites for hydroxylation is 1. The molecule has 0 amide bonds. The van der Waals surface area contributed by atoms with Gasteiger partial charge in [-0.2, -0.15) is 0 Å². The summed E-state index contributed by atoms with van der Waals surface area (Å²) in [6.45, 7) is 14.4. The molecule has 43 heavy (non-hydrogen) atoms. The second kappa shape index (κ2) is 11.8. The van der Waals surface area contributed by atoms with Gasteiger partial charge in [0.1, 0.15) is 0 Å². The van der Waals surface area contributed by atoms with E-state index in [1.54, 1.807) is 0 Å². The van der Waals surface area contributed by atoms with Crippen LogP contribution in [0.2, 0.25) is 0 Å². The first kappa shape index (κ1) is 27.6. The van der Waals surface area contributed by atoms with Crippen molar-refractivity contribution in [2.75, 3.05) is 33.2 Å². The fraction of sp³-hybridized carbons (Fsp3) is 0.250. The van der Waals surface area contributed by atoms with Gasteiger partial charge in [-0.25, -0.2) is 0 Å². The summed E-state index contributed by atoms with van der Waals surface area (Å²) in [5.74, 6) is 0. The Bertz CT molecular complexity index is 1840. The molecule has 0 saturated carbocycles. The van der Waals surface area contributed by atoms with Crippen molar-refractivity contribution in [3.05, 3.63) is 138 Å². The first-order valence-corrected chi connectivity index (χ1v) is 15.7. The van der Waals surface area contributed by atoms with Gasteiger partial charge in [-0.05, 0) is 74.5 Å². The van der Waals surface area contributed by atoms with E-state index in [0.717, 1.165) is 52.1 Å². The third kappa shape index (κ3) is 5.40. The van der Waals surface area contributed by atoms with Crippen molar-refractivity contribution in [3.8, 4) is 11.1 Å². The van der Waals surface area contributed by atoms with Crippen LogP contribution in [-0.2, 0) is 19.5 Å². The molecule has 0 N–H and O–H groups in total. The van der Waals surface area contributed by atoms with Gasteiger partial charge in [-0.15, -0.1) is 6.58 Å². The van der Waals surface area contributed by atoms with Crippen molar-refractivity contribution in [2.24, 2.45) is 0 Å². The highest BCUT2D eigenvalue weighted by Crippen LogP contribution is 2.33. The summed E-state index contributed by atoms with van der Waals surface area (Å²) in [6, 6.07) is 33.9.